The Bertz CT molecular complexity index is 810. The Kier molecular flexibility index (Phi) is 4.08. The quantitative estimate of drug-likeness (QED) is 0.680. The van der Waals surface area contributed by atoms with Crippen LogP contribution in [0.1, 0.15) is 27.9 Å². The van der Waals surface area contributed by atoms with Gasteiger partial charge in [-0.25, -0.2) is 0 Å². The van der Waals surface area contributed by atoms with Crippen LogP contribution in [0.2, 0.25) is 0 Å². The number of para-hydroxylation sites is 1. The molecule has 0 saturated heterocycles. The van der Waals surface area contributed by atoms with E-state index in [-0.39, 0.29) is 18.7 Å². The number of anilines is 1. The maximum atomic E-state index is 12.8. The lowest BCUT2D eigenvalue weighted by molar-refractivity contribution is -0.135. The molecule has 0 unspecified atom stereocenters. The minimum absolute atomic E-state index is 0.263. The lowest BCUT2D eigenvalue weighted by Gasteiger charge is -2.22. The van der Waals surface area contributed by atoms with Crippen LogP contribution in [-0.4, -0.2) is 23.3 Å². The molecule has 4 heteroatoms. The highest BCUT2D eigenvalue weighted by Crippen LogP contribution is 2.42. The number of rotatable bonds is 5. The van der Waals surface area contributed by atoms with Crippen LogP contribution in [0, 0.1) is 6.92 Å². The largest absolute Gasteiger partial charge is 0.375 e. The van der Waals surface area contributed by atoms with Crippen LogP contribution in [-0.2, 0) is 10.4 Å². The van der Waals surface area contributed by atoms with Gasteiger partial charge in [-0.15, -0.1) is 6.58 Å². The summed E-state index contributed by atoms with van der Waals surface area (Å²) in [6, 6.07) is 14.1. The minimum atomic E-state index is -1.83. The van der Waals surface area contributed by atoms with Crippen LogP contribution < -0.4 is 4.90 Å². The molecule has 1 N–H and O–H groups in total. The number of nitrogens with zero attached hydrogens (tertiary/aromatic N) is 1. The summed E-state index contributed by atoms with van der Waals surface area (Å²) in [5, 5.41) is 11.0. The maximum absolute atomic E-state index is 12.8. The zero-order valence-electron chi connectivity index (χ0n) is 13.5. The van der Waals surface area contributed by atoms with Crippen LogP contribution in [0.25, 0.3) is 0 Å². The number of aryl methyl sites for hydroxylation is 1. The molecule has 1 atom stereocenters. The number of hydrogen-bond donors (Lipinski definition) is 1. The van der Waals surface area contributed by atoms with Crippen molar-refractivity contribution in [2.75, 3.05) is 11.4 Å². The molecule has 1 aliphatic rings. The Balaban J connectivity index is 1.97. The number of aliphatic hydroxyl groups is 1. The summed E-state index contributed by atoms with van der Waals surface area (Å²) in [4.78, 5) is 26.8. The number of benzene rings is 2. The predicted molar refractivity (Wildman–Crippen MR) is 93.0 cm³/mol. The first-order valence-corrected chi connectivity index (χ1v) is 7.82. The summed E-state index contributed by atoms with van der Waals surface area (Å²) in [5.74, 6) is -0.745. The first-order chi connectivity index (χ1) is 11.5. The van der Waals surface area contributed by atoms with Crippen molar-refractivity contribution in [3.8, 4) is 0 Å². The standard InChI is InChI=1S/C20H19NO3/c1-3-12-21-17-7-5-4-6-16(17)20(24,19(21)23)13-18(22)15-10-8-14(2)9-11-15/h3-11,24H,1,12-13H2,2H3/t20-/m1/s1. The summed E-state index contributed by atoms with van der Waals surface area (Å²) >= 11 is 0. The molecule has 4 nitrogen and oxygen atoms in total. The summed E-state index contributed by atoms with van der Waals surface area (Å²) in [6.07, 6.45) is 1.32. The topological polar surface area (TPSA) is 57.6 Å². The number of carbonyl (C=O) groups is 2. The highest BCUT2D eigenvalue weighted by Gasteiger charge is 2.50. The first kappa shape index (κ1) is 16.1. The highest BCUT2D eigenvalue weighted by molar-refractivity contribution is 6.10. The van der Waals surface area contributed by atoms with Crippen molar-refractivity contribution in [3.63, 3.8) is 0 Å². The maximum Gasteiger partial charge on any atom is 0.264 e. The van der Waals surface area contributed by atoms with E-state index in [9.17, 15) is 14.7 Å². The molecular formula is C20H19NO3. The van der Waals surface area contributed by atoms with Gasteiger partial charge in [0.1, 0.15) is 0 Å². The Morgan fingerprint density at radius 3 is 2.54 bits per heavy atom. The van der Waals surface area contributed by atoms with Gasteiger partial charge in [0.25, 0.3) is 5.91 Å². The molecule has 0 radical (unpaired) electrons. The van der Waals surface area contributed by atoms with Crippen molar-refractivity contribution in [1.82, 2.24) is 0 Å². The van der Waals surface area contributed by atoms with E-state index in [1.54, 1.807) is 42.5 Å². The second kappa shape index (κ2) is 6.06. The van der Waals surface area contributed by atoms with Gasteiger partial charge in [0.05, 0.1) is 12.1 Å². The monoisotopic (exact) mass is 321 g/mol. The molecular weight excluding hydrogens is 302 g/mol. The molecule has 0 saturated carbocycles. The number of hydrogen-bond acceptors (Lipinski definition) is 3. The van der Waals surface area contributed by atoms with Gasteiger partial charge < -0.3 is 10.0 Å². The van der Waals surface area contributed by atoms with Crippen molar-refractivity contribution < 1.29 is 14.7 Å². The fourth-order valence-electron chi connectivity index (χ4n) is 3.06. The third-order valence-electron chi connectivity index (χ3n) is 4.34. The zero-order valence-corrected chi connectivity index (χ0v) is 13.5. The first-order valence-electron chi connectivity index (χ1n) is 7.82. The number of fused-ring (bicyclic) bond motifs is 1. The van der Waals surface area contributed by atoms with Crippen LogP contribution in [0.3, 0.4) is 0 Å². The van der Waals surface area contributed by atoms with Crippen molar-refractivity contribution in [3.05, 3.63) is 77.9 Å². The van der Waals surface area contributed by atoms with Gasteiger partial charge in [-0.3, -0.25) is 9.59 Å². The fourth-order valence-corrected chi connectivity index (χ4v) is 3.06. The second-order valence-corrected chi connectivity index (χ2v) is 6.05. The van der Waals surface area contributed by atoms with E-state index in [0.29, 0.717) is 16.8 Å². The van der Waals surface area contributed by atoms with E-state index in [1.165, 1.54) is 4.90 Å². The summed E-state index contributed by atoms with van der Waals surface area (Å²) in [7, 11) is 0. The van der Waals surface area contributed by atoms with Gasteiger partial charge in [0, 0.05) is 17.7 Å². The van der Waals surface area contributed by atoms with Crippen molar-refractivity contribution in [1.29, 1.82) is 0 Å². The lowest BCUT2D eigenvalue weighted by atomic mass is 9.88. The average Bonchev–Trinajstić information content (AvgIpc) is 2.78. The number of Topliss-reactive ketones (excluding diaryl/α,β-unsaturated/α-hetero) is 1. The predicted octanol–water partition coefficient (Wildman–Crippen LogP) is 2.99. The Morgan fingerprint density at radius 1 is 1.21 bits per heavy atom. The van der Waals surface area contributed by atoms with Crippen LogP contribution in [0.4, 0.5) is 5.69 Å². The van der Waals surface area contributed by atoms with E-state index < -0.39 is 11.5 Å². The number of amides is 1. The third kappa shape index (κ3) is 2.55. The summed E-state index contributed by atoms with van der Waals surface area (Å²) < 4.78 is 0. The Hall–Kier alpha value is -2.72. The molecule has 2 aromatic carbocycles. The summed E-state index contributed by atoms with van der Waals surface area (Å²) in [6.45, 7) is 5.88. The van der Waals surface area contributed by atoms with Gasteiger partial charge in [0.2, 0.25) is 0 Å². The van der Waals surface area contributed by atoms with Crippen LogP contribution >= 0.6 is 0 Å². The average molecular weight is 321 g/mol. The van der Waals surface area contributed by atoms with E-state index >= 15 is 0 Å². The fraction of sp³-hybridized carbons (Fsp3) is 0.200. The molecule has 1 amide bonds. The van der Waals surface area contributed by atoms with Gasteiger partial charge in [-0.2, -0.15) is 0 Å². The van der Waals surface area contributed by atoms with Crippen LogP contribution in [0.5, 0.6) is 0 Å². The van der Waals surface area contributed by atoms with Gasteiger partial charge >= 0.3 is 0 Å². The Morgan fingerprint density at radius 2 is 1.88 bits per heavy atom. The van der Waals surface area contributed by atoms with Crippen LogP contribution in [0.15, 0.2) is 61.2 Å². The van der Waals surface area contributed by atoms with Crippen molar-refractivity contribution in [2.45, 2.75) is 18.9 Å². The molecule has 1 heterocycles. The van der Waals surface area contributed by atoms with Gasteiger partial charge in [-0.05, 0) is 13.0 Å². The molecule has 24 heavy (non-hydrogen) atoms. The van der Waals surface area contributed by atoms with Crippen molar-refractivity contribution >= 4 is 17.4 Å². The molecule has 0 spiro atoms. The number of ketones is 1. The minimum Gasteiger partial charge on any atom is -0.375 e. The van der Waals surface area contributed by atoms with E-state index in [0.717, 1.165) is 5.56 Å². The van der Waals surface area contributed by atoms with Gasteiger partial charge in [-0.1, -0.05) is 54.1 Å². The normalized spacial score (nSPS) is 19.2. The molecule has 122 valence electrons. The van der Waals surface area contributed by atoms with E-state index in [1.807, 2.05) is 19.1 Å². The zero-order chi connectivity index (χ0) is 17.3. The highest BCUT2D eigenvalue weighted by atomic mass is 16.3. The van der Waals surface area contributed by atoms with Gasteiger partial charge in [0.15, 0.2) is 11.4 Å². The molecule has 0 bridgehead atoms. The molecule has 0 fully saturated rings. The molecule has 1 aliphatic heterocycles. The molecule has 0 aliphatic carbocycles. The SMILES string of the molecule is C=CCN1C(=O)[C@@](O)(CC(=O)c2ccc(C)cc2)c2ccccc21. The Labute approximate surface area is 141 Å². The van der Waals surface area contributed by atoms with E-state index in [2.05, 4.69) is 6.58 Å². The lowest BCUT2D eigenvalue weighted by Crippen LogP contribution is -2.41. The number of carbonyl (C=O) groups excluding carboxylic acids is 2. The smallest absolute Gasteiger partial charge is 0.264 e. The van der Waals surface area contributed by atoms with Crippen molar-refractivity contribution in [2.24, 2.45) is 0 Å². The van der Waals surface area contributed by atoms with E-state index in [4.69, 9.17) is 0 Å². The molecule has 0 aromatic heterocycles. The third-order valence-corrected chi connectivity index (χ3v) is 4.34. The molecule has 3 rings (SSSR count). The summed E-state index contributed by atoms with van der Waals surface area (Å²) in [5.41, 5.74) is 0.798. The molecule has 2 aromatic rings. The second-order valence-electron chi connectivity index (χ2n) is 6.05.